The van der Waals surface area contributed by atoms with Gasteiger partial charge in [-0.3, -0.25) is 4.79 Å². The molecule has 3 nitrogen and oxygen atoms in total. The molecule has 1 heterocycles. The van der Waals surface area contributed by atoms with Crippen LogP contribution in [0.4, 0.5) is 0 Å². The molecule has 1 rings (SSSR count). The first-order chi connectivity index (χ1) is 5.31. The van der Waals surface area contributed by atoms with E-state index in [0.29, 0.717) is 6.47 Å². The van der Waals surface area contributed by atoms with Gasteiger partial charge in [0.2, 0.25) is 0 Å². The van der Waals surface area contributed by atoms with E-state index in [-0.39, 0.29) is 0 Å². The smallest absolute Gasteiger partial charge is 0.292 e. The molecule has 3 heteroatoms. The second-order valence-electron chi connectivity index (χ2n) is 2.76. The minimum absolute atomic E-state index is 0.375. The number of hydrogen-bond donors (Lipinski definition) is 1. The molecule has 0 atom stereocenters. The van der Waals surface area contributed by atoms with Gasteiger partial charge in [-0.15, -0.1) is 0 Å². The summed E-state index contributed by atoms with van der Waals surface area (Å²) in [6.45, 7) is 5.17. The summed E-state index contributed by atoms with van der Waals surface area (Å²) in [5.41, 5.74) is 0. The van der Waals surface area contributed by atoms with Crippen molar-refractivity contribution in [2.75, 3.05) is 20.2 Å². The number of hydrogen-bond acceptors (Lipinski definition) is 3. The molecule has 0 amide bonds. The van der Waals surface area contributed by atoms with Crippen molar-refractivity contribution < 1.29 is 9.53 Å². The summed E-state index contributed by atoms with van der Waals surface area (Å²) < 4.78 is 3.86. The Bertz CT molecular complexity index is 90.1. The van der Waals surface area contributed by atoms with Crippen LogP contribution in [0, 0.1) is 5.92 Å². The lowest BCUT2D eigenvalue weighted by Crippen LogP contribution is -2.26. The second kappa shape index (κ2) is 7.54. The molecule has 66 valence electrons. The van der Waals surface area contributed by atoms with Crippen LogP contribution in [0.25, 0.3) is 0 Å². The first kappa shape index (κ1) is 10.4. The molecule has 0 aromatic carbocycles. The summed E-state index contributed by atoms with van der Waals surface area (Å²) in [6, 6.07) is 0. The quantitative estimate of drug-likeness (QED) is 0.575. The Labute approximate surface area is 68.1 Å². The Balaban J connectivity index is 0.000000218. The predicted octanol–water partition coefficient (Wildman–Crippen LogP) is 0.795. The zero-order valence-electron chi connectivity index (χ0n) is 7.30. The van der Waals surface area contributed by atoms with E-state index < -0.39 is 0 Å². The SMILES string of the molecule is CC1CCNCC1.COC=O. The summed E-state index contributed by atoms with van der Waals surface area (Å²) >= 11 is 0. The lowest BCUT2D eigenvalue weighted by molar-refractivity contribution is -0.126. The molecule has 0 bridgehead atoms. The largest absolute Gasteiger partial charge is 0.471 e. The molecule has 0 aliphatic carbocycles. The van der Waals surface area contributed by atoms with Gasteiger partial charge in [0.1, 0.15) is 0 Å². The first-order valence-electron chi connectivity index (χ1n) is 3.98. The molecule has 1 N–H and O–H groups in total. The Morgan fingerprint density at radius 3 is 2.09 bits per heavy atom. The minimum atomic E-state index is 0.375. The normalized spacial score (nSPS) is 18.0. The molecule has 1 saturated heterocycles. The van der Waals surface area contributed by atoms with Crippen molar-refractivity contribution in [1.82, 2.24) is 5.32 Å². The Kier molecular flexibility index (Phi) is 7.15. The van der Waals surface area contributed by atoms with E-state index >= 15 is 0 Å². The Morgan fingerprint density at radius 2 is 1.91 bits per heavy atom. The van der Waals surface area contributed by atoms with Gasteiger partial charge in [0.25, 0.3) is 6.47 Å². The lowest BCUT2D eigenvalue weighted by atomic mass is 10.0. The van der Waals surface area contributed by atoms with Gasteiger partial charge >= 0.3 is 0 Å². The molecule has 0 aromatic rings. The van der Waals surface area contributed by atoms with Crippen molar-refractivity contribution in [1.29, 1.82) is 0 Å². The van der Waals surface area contributed by atoms with Crippen LogP contribution >= 0.6 is 0 Å². The maximum absolute atomic E-state index is 8.95. The van der Waals surface area contributed by atoms with Crippen LogP contribution < -0.4 is 5.32 Å². The molecule has 1 fully saturated rings. The minimum Gasteiger partial charge on any atom is -0.471 e. The number of piperidine rings is 1. The number of ether oxygens (including phenoxy) is 1. The standard InChI is InChI=1S/C6H13N.C2H4O2/c1-6-2-4-7-5-3-6;1-4-2-3/h6-7H,2-5H2,1H3;2H,1H3. The Hall–Kier alpha value is -0.570. The highest BCUT2D eigenvalue weighted by molar-refractivity contribution is 5.36. The molecule has 0 spiro atoms. The van der Waals surface area contributed by atoms with Crippen LogP contribution in [0.5, 0.6) is 0 Å². The second-order valence-corrected chi connectivity index (χ2v) is 2.76. The highest BCUT2D eigenvalue weighted by atomic mass is 16.5. The van der Waals surface area contributed by atoms with Gasteiger partial charge in [-0.05, 0) is 31.8 Å². The van der Waals surface area contributed by atoms with E-state index in [1.54, 1.807) is 0 Å². The first-order valence-corrected chi connectivity index (χ1v) is 3.98. The van der Waals surface area contributed by atoms with E-state index in [1.165, 1.54) is 33.0 Å². The molecular formula is C8H17NO2. The van der Waals surface area contributed by atoms with Gasteiger partial charge in [0.15, 0.2) is 0 Å². The summed E-state index contributed by atoms with van der Waals surface area (Å²) in [6.07, 6.45) is 2.75. The highest BCUT2D eigenvalue weighted by Crippen LogP contribution is 2.08. The van der Waals surface area contributed by atoms with Gasteiger partial charge in [-0.1, -0.05) is 6.92 Å². The van der Waals surface area contributed by atoms with Crippen molar-refractivity contribution >= 4 is 6.47 Å². The third-order valence-corrected chi connectivity index (χ3v) is 1.72. The van der Waals surface area contributed by atoms with E-state index in [1.807, 2.05) is 0 Å². The van der Waals surface area contributed by atoms with Crippen molar-refractivity contribution in [2.24, 2.45) is 5.92 Å². The molecule has 0 radical (unpaired) electrons. The predicted molar refractivity (Wildman–Crippen MR) is 44.3 cm³/mol. The monoisotopic (exact) mass is 159 g/mol. The lowest BCUT2D eigenvalue weighted by Gasteiger charge is -2.17. The highest BCUT2D eigenvalue weighted by Gasteiger charge is 2.04. The van der Waals surface area contributed by atoms with Crippen molar-refractivity contribution in [3.05, 3.63) is 0 Å². The van der Waals surface area contributed by atoms with Crippen LogP contribution in [-0.2, 0) is 9.53 Å². The van der Waals surface area contributed by atoms with Crippen LogP contribution in [-0.4, -0.2) is 26.7 Å². The van der Waals surface area contributed by atoms with Gasteiger partial charge in [-0.2, -0.15) is 0 Å². The van der Waals surface area contributed by atoms with Crippen molar-refractivity contribution in [3.63, 3.8) is 0 Å². The molecule has 1 aliphatic heterocycles. The van der Waals surface area contributed by atoms with Crippen LogP contribution in [0.2, 0.25) is 0 Å². The number of nitrogens with one attached hydrogen (secondary N) is 1. The van der Waals surface area contributed by atoms with E-state index in [9.17, 15) is 0 Å². The van der Waals surface area contributed by atoms with Gasteiger partial charge < -0.3 is 10.1 Å². The van der Waals surface area contributed by atoms with Crippen molar-refractivity contribution in [3.8, 4) is 0 Å². The molecule has 1 aliphatic rings. The van der Waals surface area contributed by atoms with E-state index in [2.05, 4.69) is 17.0 Å². The Morgan fingerprint density at radius 1 is 1.45 bits per heavy atom. The summed E-state index contributed by atoms with van der Waals surface area (Å²) in [7, 11) is 1.31. The maximum atomic E-state index is 8.95. The van der Waals surface area contributed by atoms with Gasteiger partial charge in [0, 0.05) is 0 Å². The molecule has 11 heavy (non-hydrogen) atoms. The zero-order chi connectivity index (χ0) is 8.53. The fourth-order valence-corrected chi connectivity index (χ4v) is 0.966. The fraction of sp³-hybridized carbons (Fsp3) is 0.875. The van der Waals surface area contributed by atoms with Gasteiger partial charge in [-0.25, -0.2) is 0 Å². The van der Waals surface area contributed by atoms with Crippen LogP contribution in [0.3, 0.4) is 0 Å². The molecule has 0 aromatic heterocycles. The third-order valence-electron chi connectivity index (χ3n) is 1.72. The summed E-state index contributed by atoms with van der Waals surface area (Å²) in [4.78, 5) is 8.95. The number of carbonyl (C=O) groups excluding carboxylic acids is 1. The number of methoxy groups -OCH3 is 1. The van der Waals surface area contributed by atoms with E-state index in [0.717, 1.165) is 5.92 Å². The number of carbonyl (C=O) groups is 1. The summed E-state index contributed by atoms with van der Waals surface area (Å²) in [5.74, 6) is 0.973. The average molecular weight is 159 g/mol. The molecular weight excluding hydrogens is 142 g/mol. The zero-order valence-corrected chi connectivity index (χ0v) is 7.30. The number of rotatable bonds is 1. The van der Waals surface area contributed by atoms with Crippen LogP contribution in [0.15, 0.2) is 0 Å². The van der Waals surface area contributed by atoms with Crippen LogP contribution in [0.1, 0.15) is 19.8 Å². The topological polar surface area (TPSA) is 38.3 Å². The average Bonchev–Trinajstić information content (AvgIpc) is 2.07. The maximum Gasteiger partial charge on any atom is 0.292 e. The summed E-state index contributed by atoms with van der Waals surface area (Å²) in [5, 5.41) is 3.32. The molecule has 0 unspecified atom stereocenters. The van der Waals surface area contributed by atoms with E-state index in [4.69, 9.17) is 4.79 Å². The van der Waals surface area contributed by atoms with Crippen molar-refractivity contribution in [2.45, 2.75) is 19.8 Å². The third kappa shape index (κ3) is 7.33. The molecule has 0 saturated carbocycles. The van der Waals surface area contributed by atoms with Gasteiger partial charge in [0.05, 0.1) is 7.11 Å². The fourth-order valence-electron chi connectivity index (χ4n) is 0.966.